The van der Waals surface area contributed by atoms with Crippen molar-refractivity contribution >= 4 is 24.3 Å². The SMILES string of the molecule is CCn1c(-c2ccc(OCP(=O)(O)O)cc2)nc2c(N)cccc21. The number of anilines is 1. The summed E-state index contributed by atoms with van der Waals surface area (Å²) in [6.07, 6.45) is -0.643. The second-order valence-electron chi connectivity index (χ2n) is 5.36. The molecule has 0 saturated heterocycles. The molecule has 126 valence electrons. The number of para-hydroxylation sites is 1. The van der Waals surface area contributed by atoms with Crippen LogP contribution in [0.5, 0.6) is 5.75 Å². The third-order valence-corrected chi connectivity index (χ3v) is 4.10. The number of hydrogen-bond acceptors (Lipinski definition) is 4. The maximum absolute atomic E-state index is 10.9. The molecule has 4 N–H and O–H groups in total. The molecule has 0 radical (unpaired) electrons. The predicted molar refractivity (Wildman–Crippen MR) is 92.8 cm³/mol. The Balaban J connectivity index is 1.96. The Bertz CT molecular complexity index is 915. The number of rotatable bonds is 5. The van der Waals surface area contributed by atoms with Gasteiger partial charge in [0.25, 0.3) is 0 Å². The van der Waals surface area contributed by atoms with Crippen LogP contribution in [0.2, 0.25) is 0 Å². The summed E-state index contributed by atoms with van der Waals surface area (Å²) in [5.74, 6) is 1.17. The van der Waals surface area contributed by atoms with Crippen LogP contribution in [0.15, 0.2) is 42.5 Å². The molecule has 24 heavy (non-hydrogen) atoms. The van der Waals surface area contributed by atoms with Gasteiger partial charge in [-0.05, 0) is 43.3 Å². The van der Waals surface area contributed by atoms with Gasteiger partial charge in [-0.2, -0.15) is 0 Å². The molecule has 8 heteroatoms. The van der Waals surface area contributed by atoms with E-state index < -0.39 is 13.9 Å². The van der Waals surface area contributed by atoms with E-state index in [1.165, 1.54) is 0 Å². The Morgan fingerprint density at radius 3 is 2.54 bits per heavy atom. The zero-order chi connectivity index (χ0) is 17.3. The lowest BCUT2D eigenvalue weighted by Crippen LogP contribution is -1.99. The molecule has 3 rings (SSSR count). The summed E-state index contributed by atoms with van der Waals surface area (Å²) >= 11 is 0. The van der Waals surface area contributed by atoms with Crippen molar-refractivity contribution in [3.8, 4) is 17.1 Å². The number of fused-ring (bicyclic) bond motifs is 1. The zero-order valence-corrected chi connectivity index (χ0v) is 14.0. The van der Waals surface area contributed by atoms with Crippen molar-refractivity contribution in [3.05, 3.63) is 42.5 Å². The number of ether oxygens (including phenoxy) is 1. The van der Waals surface area contributed by atoms with Crippen LogP contribution in [0.4, 0.5) is 5.69 Å². The van der Waals surface area contributed by atoms with Gasteiger partial charge in [-0.1, -0.05) is 6.07 Å². The molecular formula is C16H18N3O4P. The van der Waals surface area contributed by atoms with Crippen molar-refractivity contribution in [2.45, 2.75) is 13.5 Å². The van der Waals surface area contributed by atoms with Gasteiger partial charge in [0.15, 0.2) is 6.35 Å². The first-order valence-corrected chi connectivity index (χ1v) is 9.21. The van der Waals surface area contributed by atoms with Crippen LogP contribution >= 0.6 is 7.60 Å². The largest absolute Gasteiger partial charge is 0.481 e. The first kappa shape index (κ1) is 16.5. The van der Waals surface area contributed by atoms with Crippen LogP contribution in [-0.4, -0.2) is 25.7 Å². The normalized spacial score (nSPS) is 11.8. The smallest absolute Gasteiger partial charge is 0.362 e. The van der Waals surface area contributed by atoms with E-state index in [0.29, 0.717) is 11.4 Å². The third-order valence-electron chi connectivity index (χ3n) is 3.64. The highest BCUT2D eigenvalue weighted by atomic mass is 31.2. The summed E-state index contributed by atoms with van der Waals surface area (Å²) < 4.78 is 18.0. The molecule has 2 aromatic carbocycles. The Kier molecular flexibility index (Phi) is 4.32. The van der Waals surface area contributed by atoms with E-state index in [1.54, 1.807) is 24.3 Å². The molecule has 0 aliphatic heterocycles. The quantitative estimate of drug-likeness (QED) is 0.483. The van der Waals surface area contributed by atoms with Crippen molar-refractivity contribution in [2.75, 3.05) is 12.1 Å². The molecule has 1 aromatic heterocycles. The molecular weight excluding hydrogens is 329 g/mol. The molecule has 0 atom stereocenters. The lowest BCUT2D eigenvalue weighted by atomic mass is 10.2. The van der Waals surface area contributed by atoms with E-state index in [4.69, 9.17) is 20.3 Å². The third kappa shape index (κ3) is 3.28. The van der Waals surface area contributed by atoms with Gasteiger partial charge in [0.2, 0.25) is 0 Å². The van der Waals surface area contributed by atoms with E-state index in [-0.39, 0.29) is 0 Å². The Morgan fingerprint density at radius 2 is 1.92 bits per heavy atom. The fourth-order valence-electron chi connectivity index (χ4n) is 2.57. The van der Waals surface area contributed by atoms with Crippen molar-refractivity contribution in [1.29, 1.82) is 0 Å². The number of aryl methyl sites for hydroxylation is 1. The second kappa shape index (κ2) is 6.28. The van der Waals surface area contributed by atoms with Crippen molar-refractivity contribution < 1.29 is 19.1 Å². The highest BCUT2D eigenvalue weighted by Gasteiger charge is 2.15. The molecule has 7 nitrogen and oxygen atoms in total. The van der Waals surface area contributed by atoms with Gasteiger partial charge < -0.3 is 24.8 Å². The Hall–Kier alpha value is -2.34. The van der Waals surface area contributed by atoms with Crippen molar-refractivity contribution in [1.82, 2.24) is 9.55 Å². The van der Waals surface area contributed by atoms with E-state index in [9.17, 15) is 4.57 Å². The average Bonchev–Trinajstić information content (AvgIpc) is 2.93. The minimum atomic E-state index is -4.19. The van der Waals surface area contributed by atoms with Crippen molar-refractivity contribution in [3.63, 3.8) is 0 Å². The van der Waals surface area contributed by atoms with Gasteiger partial charge in [-0.25, -0.2) is 4.98 Å². The van der Waals surface area contributed by atoms with Gasteiger partial charge >= 0.3 is 7.60 Å². The van der Waals surface area contributed by atoms with Gasteiger partial charge in [0.1, 0.15) is 17.1 Å². The minimum absolute atomic E-state index is 0.390. The van der Waals surface area contributed by atoms with Crippen LogP contribution in [0.3, 0.4) is 0 Å². The molecule has 0 aliphatic rings. The van der Waals surface area contributed by atoms with Gasteiger partial charge in [0, 0.05) is 12.1 Å². The molecule has 0 aliphatic carbocycles. The van der Waals surface area contributed by atoms with Gasteiger partial charge in [-0.15, -0.1) is 0 Å². The fraction of sp³-hybridized carbons (Fsp3) is 0.188. The number of hydrogen-bond donors (Lipinski definition) is 3. The number of aromatic nitrogens is 2. The standard InChI is InChI=1S/C16H18N3O4P/c1-2-19-14-5-3-4-13(17)15(14)18-16(19)11-6-8-12(9-7-11)23-10-24(20,21)22/h3-9H,2,10,17H2,1H3,(H2,20,21,22). The number of nitrogen functional groups attached to an aromatic ring is 1. The summed E-state index contributed by atoms with van der Waals surface area (Å²) in [6, 6.07) is 12.6. The molecule has 0 unspecified atom stereocenters. The molecule has 3 aromatic rings. The number of nitrogens with zero attached hydrogens (tertiary/aromatic N) is 2. The van der Waals surface area contributed by atoms with E-state index in [0.717, 1.165) is 29.0 Å². The monoisotopic (exact) mass is 347 g/mol. The number of benzene rings is 2. The van der Waals surface area contributed by atoms with E-state index in [2.05, 4.69) is 9.55 Å². The topological polar surface area (TPSA) is 111 Å². The van der Waals surface area contributed by atoms with Gasteiger partial charge in [0.05, 0.1) is 11.2 Å². The molecule has 0 amide bonds. The summed E-state index contributed by atoms with van der Waals surface area (Å²) in [7, 11) is -4.19. The van der Waals surface area contributed by atoms with E-state index in [1.807, 2.05) is 25.1 Å². The Labute approximate surface area is 138 Å². The Morgan fingerprint density at radius 1 is 1.21 bits per heavy atom. The van der Waals surface area contributed by atoms with Crippen LogP contribution in [0.1, 0.15) is 6.92 Å². The molecule has 0 saturated carbocycles. The van der Waals surface area contributed by atoms with Crippen LogP contribution in [0.25, 0.3) is 22.4 Å². The summed E-state index contributed by atoms with van der Waals surface area (Å²) in [5, 5.41) is 0. The first-order chi connectivity index (χ1) is 11.4. The van der Waals surface area contributed by atoms with Gasteiger partial charge in [-0.3, -0.25) is 4.57 Å². The maximum atomic E-state index is 10.9. The summed E-state index contributed by atoms with van der Waals surface area (Å²) in [6.45, 7) is 2.77. The van der Waals surface area contributed by atoms with Crippen LogP contribution in [-0.2, 0) is 11.1 Å². The molecule has 0 spiro atoms. The number of nitrogens with two attached hydrogens (primary N) is 1. The molecule has 1 heterocycles. The first-order valence-electron chi connectivity index (χ1n) is 7.41. The average molecular weight is 347 g/mol. The summed E-state index contributed by atoms with van der Waals surface area (Å²) in [4.78, 5) is 22.3. The lowest BCUT2D eigenvalue weighted by Gasteiger charge is -2.09. The predicted octanol–water partition coefficient (Wildman–Crippen LogP) is 2.82. The lowest BCUT2D eigenvalue weighted by molar-refractivity contribution is 0.300. The van der Waals surface area contributed by atoms with Crippen molar-refractivity contribution in [2.24, 2.45) is 0 Å². The zero-order valence-electron chi connectivity index (χ0n) is 13.1. The maximum Gasteiger partial charge on any atom is 0.362 e. The molecule has 0 fully saturated rings. The second-order valence-corrected chi connectivity index (χ2v) is 6.94. The minimum Gasteiger partial charge on any atom is -0.481 e. The molecule has 0 bridgehead atoms. The fourth-order valence-corrected chi connectivity index (χ4v) is 2.89. The highest BCUT2D eigenvalue weighted by molar-refractivity contribution is 7.51. The number of imidazole rings is 1. The van der Waals surface area contributed by atoms with E-state index >= 15 is 0 Å². The van der Waals surface area contributed by atoms with Crippen LogP contribution in [0, 0.1) is 0 Å². The van der Waals surface area contributed by atoms with Crippen LogP contribution < -0.4 is 10.5 Å². The summed E-state index contributed by atoms with van der Waals surface area (Å²) in [5.41, 5.74) is 9.23. The highest BCUT2D eigenvalue weighted by Crippen LogP contribution is 2.35.